The molecule has 0 radical (unpaired) electrons. The molecule has 1 aromatic rings. The quantitative estimate of drug-likeness (QED) is 0.711. The Kier molecular flexibility index (Phi) is 6.46. The lowest BCUT2D eigenvalue weighted by molar-refractivity contribution is -0.127. The van der Waals surface area contributed by atoms with E-state index in [1.165, 1.54) is 16.7 Å². The van der Waals surface area contributed by atoms with Crippen molar-refractivity contribution in [1.82, 2.24) is 15.1 Å². The number of imide groups is 1. The molecule has 2 aliphatic heterocycles. The number of carbonyl (C=O) groups excluding carboxylic acids is 2. The largest absolute Gasteiger partial charge is 0.491 e. The normalized spacial score (nSPS) is 22.6. The number of benzene rings is 1. The first-order valence-electron chi connectivity index (χ1n) is 9.33. The van der Waals surface area contributed by atoms with Crippen LogP contribution in [0.1, 0.15) is 18.9 Å². The Labute approximate surface area is 168 Å². The molecule has 0 aliphatic carbocycles. The van der Waals surface area contributed by atoms with Crippen LogP contribution in [0.4, 0.5) is 4.79 Å². The van der Waals surface area contributed by atoms with E-state index in [0.29, 0.717) is 5.17 Å². The molecule has 9 heteroatoms. The second-order valence-corrected chi connectivity index (χ2v) is 7.97. The third-order valence-corrected chi connectivity index (χ3v) is 5.90. The van der Waals surface area contributed by atoms with Crippen LogP contribution < -0.4 is 10.1 Å². The summed E-state index contributed by atoms with van der Waals surface area (Å²) in [6, 6.07) is 6.50. The molecule has 8 nitrogen and oxygen atoms in total. The summed E-state index contributed by atoms with van der Waals surface area (Å²) >= 11 is 1.53. The summed E-state index contributed by atoms with van der Waals surface area (Å²) < 4.78 is 5.74. The third kappa shape index (κ3) is 4.25. The van der Waals surface area contributed by atoms with Gasteiger partial charge in [0.1, 0.15) is 18.5 Å². The number of aliphatic imine (C=N–C) groups is 1. The number of aliphatic hydroxyl groups excluding tert-OH is 1. The number of amides is 3. The number of rotatable bonds is 7. The van der Waals surface area contributed by atoms with Crippen molar-refractivity contribution in [3.63, 3.8) is 0 Å². The third-order valence-electron chi connectivity index (χ3n) is 4.69. The topological polar surface area (TPSA) is 94.5 Å². The van der Waals surface area contributed by atoms with Crippen LogP contribution >= 0.6 is 11.8 Å². The van der Waals surface area contributed by atoms with Crippen LogP contribution in [0.2, 0.25) is 0 Å². The fraction of sp³-hybridized carbons (Fsp3) is 0.526. The van der Waals surface area contributed by atoms with Crippen LogP contribution in [0.15, 0.2) is 29.3 Å². The highest BCUT2D eigenvalue weighted by molar-refractivity contribution is 8.13. The number of nitrogens with one attached hydrogen (secondary N) is 1. The average Bonchev–Trinajstić information content (AvgIpc) is 3.02. The van der Waals surface area contributed by atoms with E-state index in [1.54, 1.807) is 11.9 Å². The fourth-order valence-corrected chi connectivity index (χ4v) is 4.11. The number of carbonyl (C=O) groups is 2. The molecular formula is C19H26N4O4S. The fourth-order valence-electron chi connectivity index (χ4n) is 3.19. The number of likely N-dealkylation sites (N-methyl/N-ethyl adjacent to an activating group) is 1. The highest BCUT2D eigenvalue weighted by atomic mass is 32.2. The van der Waals surface area contributed by atoms with Crippen LogP contribution in [-0.2, 0) is 4.79 Å². The molecule has 0 spiro atoms. The number of thioether (sulfide) groups is 1. The first-order valence-corrected chi connectivity index (χ1v) is 10.3. The van der Waals surface area contributed by atoms with Gasteiger partial charge in [0.2, 0.25) is 0 Å². The van der Waals surface area contributed by atoms with Crippen molar-refractivity contribution in [2.75, 3.05) is 26.0 Å². The van der Waals surface area contributed by atoms with Crippen molar-refractivity contribution >= 4 is 28.9 Å². The van der Waals surface area contributed by atoms with E-state index in [0.717, 1.165) is 23.5 Å². The Balaban J connectivity index is 1.70. The molecular weight excluding hydrogens is 380 g/mol. The zero-order chi connectivity index (χ0) is 20.3. The first-order chi connectivity index (χ1) is 13.4. The lowest BCUT2D eigenvalue weighted by atomic mass is 10.1. The van der Waals surface area contributed by atoms with Crippen LogP contribution in [-0.4, -0.2) is 76.3 Å². The SMILES string of the molecule is CCCSC1=NC2C(C(=O)NC(=O)N2C)N1CC(O)COc1ccccc1C. The second kappa shape index (κ2) is 8.83. The number of hydrogen-bond donors (Lipinski definition) is 2. The Hall–Kier alpha value is -2.26. The maximum atomic E-state index is 12.5. The van der Waals surface area contributed by atoms with Gasteiger partial charge in [0.15, 0.2) is 17.4 Å². The van der Waals surface area contributed by atoms with Gasteiger partial charge in [-0.15, -0.1) is 0 Å². The van der Waals surface area contributed by atoms with Crippen molar-refractivity contribution in [3.05, 3.63) is 29.8 Å². The van der Waals surface area contributed by atoms with Crippen LogP contribution in [0.25, 0.3) is 0 Å². The molecule has 28 heavy (non-hydrogen) atoms. The monoisotopic (exact) mass is 406 g/mol. The van der Waals surface area contributed by atoms with Gasteiger partial charge in [0.05, 0.1) is 6.54 Å². The summed E-state index contributed by atoms with van der Waals surface area (Å²) in [6.45, 7) is 4.30. The molecule has 3 atom stereocenters. The van der Waals surface area contributed by atoms with E-state index in [4.69, 9.17) is 4.74 Å². The van der Waals surface area contributed by atoms with Crippen LogP contribution in [0, 0.1) is 6.92 Å². The minimum Gasteiger partial charge on any atom is -0.491 e. The minimum absolute atomic E-state index is 0.0981. The van der Waals surface area contributed by atoms with Gasteiger partial charge >= 0.3 is 6.03 Å². The lowest BCUT2D eigenvalue weighted by Gasteiger charge is -2.36. The Morgan fingerprint density at radius 2 is 2.11 bits per heavy atom. The number of hydrogen-bond acceptors (Lipinski definition) is 7. The summed E-state index contributed by atoms with van der Waals surface area (Å²) in [4.78, 5) is 32.2. The van der Waals surface area contributed by atoms with E-state index >= 15 is 0 Å². The Morgan fingerprint density at radius 1 is 1.36 bits per heavy atom. The number of β-amino-alcohol motifs (C(OH)–C–C–N with tert-alkyl or cyclic N) is 1. The van der Waals surface area contributed by atoms with Gasteiger partial charge in [-0.25, -0.2) is 9.79 Å². The van der Waals surface area contributed by atoms with Gasteiger partial charge < -0.3 is 19.6 Å². The molecule has 2 N–H and O–H groups in total. The number of ether oxygens (including phenoxy) is 1. The summed E-state index contributed by atoms with van der Waals surface area (Å²) in [5.41, 5.74) is 0.989. The standard InChI is InChI=1S/C19H26N4O4S/c1-4-9-28-19-20-16-15(17(25)21-18(26)22(16)3)23(19)10-13(24)11-27-14-8-6-5-7-12(14)2/h5-8,13,15-16,24H,4,9-11H2,1-3H3,(H,21,25,26). The van der Waals surface area contributed by atoms with E-state index in [2.05, 4.69) is 17.2 Å². The minimum atomic E-state index is -0.818. The molecule has 1 aromatic carbocycles. The number of fused-ring (bicyclic) bond motifs is 1. The van der Waals surface area contributed by atoms with E-state index in [1.807, 2.05) is 31.2 Å². The number of nitrogens with zero attached hydrogens (tertiary/aromatic N) is 3. The average molecular weight is 407 g/mol. The summed E-state index contributed by atoms with van der Waals surface area (Å²) in [6.07, 6.45) is -0.445. The van der Waals surface area contributed by atoms with Crippen molar-refractivity contribution in [1.29, 1.82) is 0 Å². The van der Waals surface area contributed by atoms with Crippen molar-refractivity contribution < 1.29 is 19.4 Å². The zero-order valence-electron chi connectivity index (χ0n) is 16.3. The second-order valence-electron chi connectivity index (χ2n) is 6.91. The highest BCUT2D eigenvalue weighted by Gasteiger charge is 2.48. The maximum Gasteiger partial charge on any atom is 0.325 e. The molecule has 0 aromatic heterocycles. The van der Waals surface area contributed by atoms with Gasteiger partial charge in [-0.3, -0.25) is 10.1 Å². The first kappa shape index (κ1) is 20.5. The van der Waals surface area contributed by atoms with Crippen molar-refractivity contribution in [2.45, 2.75) is 38.6 Å². The lowest BCUT2D eigenvalue weighted by Crippen LogP contribution is -2.64. The van der Waals surface area contributed by atoms with Gasteiger partial charge in [0, 0.05) is 12.8 Å². The molecule has 3 unspecified atom stereocenters. The number of aryl methyl sites for hydroxylation is 1. The molecule has 152 valence electrons. The van der Waals surface area contributed by atoms with Gasteiger partial charge in [0.25, 0.3) is 5.91 Å². The number of urea groups is 1. The van der Waals surface area contributed by atoms with Gasteiger partial charge in [-0.1, -0.05) is 36.9 Å². The molecule has 2 aliphatic rings. The predicted octanol–water partition coefficient (Wildman–Crippen LogP) is 1.43. The van der Waals surface area contributed by atoms with Crippen molar-refractivity contribution in [3.8, 4) is 5.75 Å². The Bertz CT molecular complexity index is 772. The van der Waals surface area contributed by atoms with Crippen LogP contribution in [0.3, 0.4) is 0 Å². The highest BCUT2D eigenvalue weighted by Crippen LogP contribution is 2.29. The number of aliphatic hydroxyl groups is 1. The zero-order valence-corrected chi connectivity index (χ0v) is 17.1. The maximum absolute atomic E-state index is 12.5. The smallest absolute Gasteiger partial charge is 0.325 e. The molecule has 1 fully saturated rings. The molecule has 3 rings (SSSR count). The van der Waals surface area contributed by atoms with E-state index in [-0.39, 0.29) is 13.2 Å². The van der Waals surface area contributed by atoms with Gasteiger partial charge in [-0.05, 0) is 25.0 Å². The predicted molar refractivity (Wildman–Crippen MR) is 108 cm³/mol. The molecule has 0 bridgehead atoms. The van der Waals surface area contributed by atoms with Gasteiger partial charge in [-0.2, -0.15) is 0 Å². The van der Waals surface area contributed by atoms with Crippen molar-refractivity contribution in [2.24, 2.45) is 4.99 Å². The molecule has 3 amide bonds. The summed E-state index contributed by atoms with van der Waals surface area (Å²) in [7, 11) is 1.62. The molecule has 1 saturated heterocycles. The molecule has 0 saturated carbocycles. The molecule has 2 heterocycles. The van der Waals surface area contributed by atoms with E-state index < -0.39 is 30.2 Å². The Morgan fingerprint density at radius 3 is 2.82 bits per heavy atom. The number of para-hydroxylation sites is 1. The number of amidine groups is 1. The summed E-state index contributed by atoms with van der Waals surface area (Å²) in [5.74, 6) is 1.16. The van der Waals surface area contributed by atoms with E-state index in [9.17, 15) is 14.7 Å². The summed E-state index contributed by atoms with van der Waals surface area (Å²) in [5, 5.41) is 13.6. The van der Waals surface area contributed by atoms with Crippen LogP contribution in [0.5, 0.6) is 5.75 Å².